The average Bonchev–Trinajstić information content (AvgIpc) is 3.05. The third kappa shape index (κ3) is 2.10. The molecule has 3 rings (SSSR count). The van der Waals surface area contributed by atoms with Crippen molar-refractivity contribution in [3.8, 4) is 0 Å². The third-order valence-corrected chi connectivity index (χ3v) is 3.45. The van der Waals surface area contributed by atoms with Gasteiger partial charge >= 0.3 is 5.69 Å². The van der Waals surface area contributed by atoms with Crippen molar-refractivity contribution in [2.45, 2.75) is 28.9 Å². The maximum atomic E-state index is 12.9. The number of nitrogens with one attached hydrogen (secondary N) is 1. The zero-order chi connectivity index (χ0) is 11.8. The Bertz CT molecular complexity index is 604. The predicted octanol–water partition coefficient (Wildman–Crippen LogP) is 1.59. The van der Waals surface area contributed by atoms with Gasteiger partial charge in [-0.05, 0) is 30.7 Å². The molecule has 5 nitrogen and oxygen atoms in total. The van der Waals surface area contributed by atoms with Crippen LogP contribution in [-0.4, -0.2) is 19.7 Å². The van der Waals surface area contributed by atoms with Gasteiger partial charge in [0.15, 0.2) is 5.16 Å². The summed E-state index contributed by atoms with van der Waals surface area (Å²) in [7, 11) is 0. The van der Waals surface area contributed by atoms with Gasteiger partial charge < -0.3 is 0 Å². The molecule has 1 N–H and O–H groups in total. The van der Waals surface area contributed by atoms with Crippen LogP contribution in [0.1, 0.15) is 18.9 Å². The van der Waals surface area contributed by atoms with Crippen LogP contribution in [0.2, 0.25) is 0 Å². The number of hydrogen-bond acceptors (Lipinski definition) is 4. The molecule has 2 aromatic heterocycles. The van der Waals surface area contributed by atoms with Gasteiger partial charge in [-0.15, -0.1) is 5.10 Å². The lowest BCUT2D eigenvalue weighted by Crippen LogP contribution is -2.15. The van der Waals surface area contributed by atoms with Crippen molar-refractivity contribution in [1.82, 2.24) is 19.7 Å². The summed E-state index contributed by atoms with van der Waals surface area (Å²) in [4.78, 5) is 15.7. The molecule has 7 heteroatoms. The molecule has 0 spiro atoms. The molecule has 0 aromatic carbocycles. The summed E-state index contributed by atoms with van der Waals surface area (Å²) in [6, 6.07) is 3.25. The van der Waals surface area contributed by atoms with Crippen LogP contribution in [0.25, 0.3) is 0 Å². The molecule has 0 saturated heterocycles. The number of pyridine rings is 1. The molecule has 0 atom stereocenters. The Kier molecular flexibility index (Phi) is 2.47. The molecule has 17 heavy (non-hydrogen) atoms. The van der Waals surface area contributed by atoms with Crippen LogP contribution in [-0.2, 0) is 0 Å². The molecule has 2 aromatic rings. The van der Waals surface area contributed by atoms with Crippen LogP contribution in [0.5, 0.6) is 0 Å². The molecule has 2 heterocycles. The summed E-state index contributed by atoms with van der Waals surface area (Å²) >= 11 is 1.26. The van der Waals surface area contributed by atoms with E-state index in [1.807, 2.05) is 0 Å². The van der Waals surface area contributed by atoms with E-state index in [1.54, 1.807) is 10.6 Å². The van der Waals surface area contributed by atoms with E-state index in [2.05, 4.69) is 15.2 Å². The van der Waals surface area contributed by atoms with E-state index in [9.17, 15) is 9.18 Å². The van der Waals surface area contributed by atoms with Gasteiger partial charge in [0.1, 0.15) is 0 Å². The van der Waals surface area contributed by atoms with Gasteiger partial charge in [-0.25, -0.2) is 14.9 Å². The largest absolute Gasteiger partial charge is 0.344 e. The standard InChI is InChI=1S/C10H9FN4OS/c11-8-5-7(3-4-12-8)17-10-14-13-9(16)15(10)6-1-2-6/h3-6H,1-2H2,(H,13,16). The van der Waals surface area contributed by atoms with Crippen LogP contribution in [0, 0.1) is 5.95 Å². The molecule has 0 bridgehead atoms. The fraction of sp³-hybridized carbons (Fsp3) is 0.300. The first kappa shape index (κ1) is 10.5. The normalized spacial score (nSPS) is 15.1. The first-order chi connectivity index (χ1) is 8.24. The second-order valence-corrected chi connectivity index (χ2v) is 4.87. The number of aromatic nitrogens is 4. The van der Waals surface area contributed by atoms with Gasteiger partial charge in [-0.2, -0.15) is 4.39 Å². The summed E-state index contributed by atoms with van der Waals surface area (Å²) in [5.74, 6) is -0.536. The van der Waals surface area contributed by atoms with Crippen molar-refractivity contribution in [2.24, 2.45) is 0 Å². The monoisotopic (exact) mass is 252 g/mol. The lowest BCUT2D eigenvalue weighted by Gasteiger charge is -2.02. The molecule has 88 valence electrons. The van der Waals surface area contributed by atoms with E-state index in [1.165, 1.54) is 24.0 Å². The summed E-state index contributed by atoms with van der Waals surface area (Å²) in [6.07, 6.45) is 3.39. The first-order valence-electron chi connectivity index (χ1n) is 5.20. The summed E-state index contributed by atoms with van der Waals surface area (Å²) in [5, 5.41) is 6.94. The van der Waals surface area contributed by atoms with Gasteiger partial charge in [0.05, 0.1) is 0 Å². The molecular weight excluding hydrogens is 243 g/mol. The van der Waals surface area contributed by atoms with Crippen LogP contribution in [0.4, 0.5) is 4.39 Å². The molecular formula is C10H9FN4OS. The molecule has 0 amide bonds. The van der Waals surface area contributed by atoms with Gasteiger partial charge in [0.25, 0.3) is 0 Å². The zero-order valence-corrected chi connectivity index (χ0v) is 9.58. The van der Waals surface area contributed by atoms with Gasteiger partial charge in [0, 0.05) is 23.2 Å². The highest BCUT2D eigenvalue weighted by atomic mass is 32.2. The third-order valence-electron chi connectivity index (χ3n) is 2.49. The van der Waals surface area contributed by atoms with E-state index in [4.69, 9.17) is 0 Å². The first-order valence-corrected chi connectivity index (χ1v) is 6.02. The van der Waals surface area contributed by atoms with Crippen molar-refractivity contribution in [3.05, 3.63) is 34.8 Å². The van der Waals surface area contributed by atoms with E-state index >= 15 is 0 Å². The lowest BCUT2D eigenvalue weighted by molar-refractivity contribution is 0.579. The molecule has 1 fully saturated rings. The Morgan fingerprint density at radius 3 is 3.06 bits per heavy atom. The Morgan fingerprint density at radius 2 is 2.35 bits per heavy atom. The van der Waals surface area contributed by atoms with Crippen LogP contribution in [0.3, 0.4) is 0 Å². The summed E-state index contributed by atoms with van der Waals surface area (Å²) in [5.41, 5.74) is -0.204. The van der Waals surface area contributed by atoms with Crippen LogP contribution >= 0.6 is 11.8 Å². The fourth-order valence-electron chi connectivity index (χ4n) is 1.57. The van der Waals surface area contributed by atoms with Crippen molar-refractivity contribution < 1.29 is 4.39 Å². The Morgan fingerprint density at radius 1 is 1.53 bits per heavy atom. The van der Waals surface area contributed by atoms with E-state index in [0.717, 1.165) is 12.8 Å². The quantitative estimate of drug-likeness (QED) is 0.843. The molecule has 0 radical (unpaired) electrons. The predicted molar refractivity (Wildman–Crippen MR) is 59.4 cm³/mol. The Hall–Kier alpha value is -1.63. The Labute approximate surface area is 100 Å². The lowest BCUT2D eigenvalue weighted by atomic mass is 10.5. The van der Waals surface area contributed by atoms with E-state index < -0.39 is 5.95 Å². The maximum absolute atomic E-state index is 12.9. The minimum atomic E-state index is -0.536. The summed E-state index contributed by atoms with van der Waals surface area (Å²) < 4.78 is 14.6. The molecule has 0 aliphatic heterocycles. The molecule has 1 aliphatic carbocycles. The molecule has 1 saturated carbocycles. The highest BCUT2D eigenvalue weighted by Gasteiger charge is 2.28. The van der Waals surface area contributed by atoms with E-state index in [-0.39, 0.29) is 11.7 Å². The van der Waals surface area contributed by atoms with Crippen molar-refractivity contribution in [2.75, 3.05) is 0 Å². The number of H-pyrrole nitrogens is 1. The number of nitrogens with zero attached hydrogens (tertiary/aromatic N) is 3. The minimum absolute atomic E-state index is 0.204. The average molecular weight is 252 g/mol. The smallest absolute Gasteiger partial charge is 0.267 e. The van der Waals surface area contributed by atoms with Gasteiger partial charge in [-0.1, -0.05) is 0 Å². The number of rotatable bonds is 3. The van der Waals surface area contributed by atoms with E-state index in [0.29, 0.717) is 10.1 Å². The highest BCUT2D eigenvalue weighted by molar-refractivity contribution is 7.99. The number of aromatic amines is 1. The van der Waals surface area contributed by atoms with Gasteiger partial charge in [-0.3, -0.25) is 4.57 Å². The zero-order valence-electron chi connectivity index (χ0n) is 8.76. The fourth-order valence-corrected chi connectivity index (χ4v) is 2.49. The SMILES string of the molecule is O=c1[nH]nc(Sc2ccnc(F)c2)n1C1CC1. The second-order valence-electron chi connectivity index (χ2n) is 3.83. The topological polar surface area (TPSA) is 63.6 Å². The Balaban J connectivity index is 1.92. The van der Waals surface area contributed by atoms with Crippen LogP contribution in [0.15, 0.2) is 33.2 Å². The number of hydrogen-bond donors (Lipinski definition) is 1. The van der Waals surface area contributed by atoms with Gasteiger partial charge in [0.2, 0.25) is 5.95 Å². The molecule has 0 unspecified atom stereocenters. The highest BCUT2D eigenvalue weighted by Crippen LogP contribution is 2.37. The van der Waals surface area contributed by atoms with Crippen molar-refractivity contribution >= 4 is 11.8 Å². The summed E-state index contributed by atoms with van der Waals surface area (Å²) in [6.45, 7) is 0. The minimum Gasteiger partial charge on any atom is -0.267 e. The van der Waals surface area contributed by atoms with Crippen molar-refractivity contribution in [3.63, 3.8) is 0 Å². The maximum Gasteiger partial charge on any atom is 0.344 e. The second kappa shape index (κ2) is 3.99. The number of halogens is 1. The van der Waals surface area contributed by atoms with Crippen LogP contribution < -0.4 is 5.69 Å². The van der Waals surface area contributed by atoms with Crippen molar-refractivity contribution in [1.29, 1.82) is 0 Å². The molecule has 1 aliphatic rings.